The number of thioether (sulfide) groups is 1. The molecule has 218 valence electrons. The second-order valence-electron chi connectivity index (χ2n) is 10.5. The predicted octanol–water partition coefficient (Wildman–Crippen LogP) is 6.71. The van der Waals surface area contributed by atoms with Crippen molar-refractivity contribution < 1.29 is 9.59 Å². The maximum Gasteiger partial charge on any atom is 0.230 e. The maximum atomic E-state index is 13.4. The van der Waals surface area contributed by atoms with Gasteiger partial charge in [-0.25, -0.2) is 0 Å². The fourth-order valence-electron chi connectivity index (χ4n) is 5.45. The van der Waals surface area contributed by atoms with Gasteiger partial charge in [-0.3, -0.25) is 14.2 Å². The van der Waals surface area contributed by atoms with E-state index in [2.05, 4.69) is 17.1 Å². The molecule has 0 saturated carbocycles. The topological polar surface area (TPSA) is 71.3 Å². The van der Waals surface area contributed by atoms with Crippen molar-refractivity contribution in [3.8, 4) is 17.1 Å². The van der Waals surface area contributed by atoms with Crippen LogP contribution in [0.1, 0.15) is 44.6 Å². The summed E-state index contributed by atoms with van der Waals surface area (Å²) in [5.74, 6) is 1.62. The van der Waals surface area contributed by atoms with Crippen molar-refractivity contribution in [1.82, 2.24) is 24.6 Å². The Morgan fingerprint density at radius 2 is 1.64 bits per heavy atom. The first-order chi connectivity index (χ1) is 20.5. The number of amides is 2. The van der Waals surface area contributed by atoms with Crippen LogP contribution in [-0.2, 0) is 9.59 Å². The lowest BCUT2D eigenvalue weighted by Gasteiger charge is -2.41. The van der Waals surface area contributed by atoms with E-state index in [0.29, 0.717) is 31.1 Å². The quantitative estimate of drug-likeness (QED) is 0.149. The molecule has 2 heterocycles. The van der Waals surface area contributed by atoms with Crippen LogP contribution in [0.4, 0.5) is 0 Å². The highest BCUT2D eigenvalue weighted by Crippen LogP contribution is 2.29. The number of hydrogen-bond acceptors (Lipinski definition) is 5. The molecule has 5 rings (SSSR count). The van der Waals surface area contributed by atoms with E-state index in [4.69, 9.17) is 11.6 Å². The van der Waals surface area contributed by atoms with E-state index < -0.39 is 0 Å². The van der Waals surface area contributed by atoms with Crippen LogP contribution >= 0.6 is 23.4 Å². The number of halogens is 1. The van der Waals surface area contributed by atoms with E-state index in [0.717, 1.165) is 46.4 Å². The summed E-state index contributed by atoms with van der Waals surface area (Å²) in [4.78, 5) is 30.4. The van der Waals surface area contributed by atoms with Crippen LogP contribution in [-0.4, -0.2) is 67.8 Å². The van der Waals surface area contributed by atoms with E-state index in [1.807, 2.05) is 106 Å². The summed E-state index contributed by atoms with van der Waals surface area (Å²) in [7, 11) is 0. The highest BCUT2D eigenvalue weighted by atomic mass is 35.5. The molecule has 1 aliphatic rings. The molecule has 0 radical (unpaired) electrons. The van der Waals surface area contributed by atoms with Gasteiger partial charge in [0.1, 0.15) is 0 Å². The molecule has 3 aromatic carbocycles. The predicted molar refractivity (Wildman–Crippen MR) is 169 cm³/mol. The van der Waals surface area contributed by atoms with Crippen LogP contribution in [0.5, 0.6) is 0 Å². The van der Waals surface area contributed by atoms with Gasteiger partial charge < -0.3 is 9.80 Å². The molecule has 42 heavy (non-hydrogen) atoms. The summed E-state index contributed by atoms with van der Waals surface area (Å²) in [6, 6.07) is 27.6. The Morgan fingerprint density at radius 1 is 0.952 bits per heavy atom. The van der Waals surface area contributed by atoms with Gasteiger partial charge in [-0.2, -0.15) is 0 Å². The van der Waals surface area contributed by atoms with E-state index in [-0.39, 0.29) is 23.8 Å². The van der Waals surface area contributed by atoms with Crippen LogP contribution in [0.2, 0.25) is 5.02 Å². The summed E-state index contributed by atoms with van der Waals surface area (Å²) in [6.07, 6.45) is 1.94. The van der Waals surface area contributed by atoms with Gasteiger partial charge in [-0.1, -0.05) is 78.8 Å². The molecule has 1 aliphatic heterocycles. The largest absolute Gasteiger partial charge is 0.339 e. The third-order valence-corrected chi connectivity index (χ3v) is 8.96. The highest BCUT2D eigenvalue weighted by Gasteiger charge is 2.33. The van der Waals surface area contributed by atoms with Crippen molar-refractivity contribution in [3.63, 3.8) is 0 Å². The molecular formula is C33H36ClN5O2S. The minimum Gasteiger partial charge on any atom is -0.339 e. The molecule has 0 aliphatic carbocycles. The molecule has 0 spiro atoms. The SMILES string of the molecule is CCC(C(=O)N1CCN(C(=O)CCCSc2nnc(-c3ccc(Cl)cc3)n2-c2ccccc2)CC1C)c1ccccc1. The Labute approximate surface area is 256 Å². The van der Waals surface area contributed by atoms with Crippen LogP contribution < -0.4 is 0 Å². The Morgan fingerprint density at radius 3 is 2.31 bits per heavy atom. The van der Waals surface area contributed by atoms with Crippen molar-refractivity contribution in [2.45, 2.75) is 50.2 Å². The molecule has 4 aromatic rings. The fraction of sp³-hybridized carbons (Fsp3) is 0.333. The number of carbonyl (C=O) groups excluding carboxylic acids is 2. The molecule has 2 unspecified atom stereocenters. The Bertz CT molecular complexity index is 1480. The van der Waals surface area contributed by atoms with Crippen molar-refractivity contribution in [2.75, 3.05) is 25.4 Å². The lowest BCUT2D eigenvalue weighted by atomic mass is 9.94. The third-order valence-electron chi connectivity index (χ3n) is 7.69. The van der Waals surface area contributed by atoms with Crippen LogP contribution in [0.15, 0.2) is 90.1 Å². The number of carbonyl (C=O) groups is 2. The first-order valence-corrected chi connectivity index (χ1v) is 15.9. The number of benzene rings is 3. The van der Waals surface area contributed by atoms with Gasteiger partial charge in [0.25, 0.3) is 0 Å². The van der Waals surface area contributed by atoms with Crippen molar-refractivity contribution in [2.24, 2.45) is 0 Å². The second kappa shape index (κ2) is 14.0. The maximum absolute atomic E-state index is 13.4. The molecule has 0 N–H and O–H groups in total. The summed E-state index contributed by atoms with van der Waals surface area (Å²) >= 11 is 7.70. The molecule has 7 nitrogen and oxygen atoms in total. The van der Waals surface area contributed by atoms with E-state index in [1.54, 1.807) is 11.8 Å². The number of para-hydroxylation sites is 1. The minimum atomic E-state index is -0.147. The average molecular weight is 602 g/mol. The Balaban J connectivity index is 1.16. The zero-order chi connectivity index (χ0) is 29.5. The molecule has 2 amide bonds. The lowest BCUT2D eigenvalue weighted by molar-refractivity contribution is -0.143. The first-order valence-electron chi connectivity index (χ1n) is 14.5. The Kier molecular flexibility index (Phi) is 9.97. The molecule has 1 saturated heterocycles. The van der Waals surface area contributed by atoms with E-state index in [9.17, 15) is 9.59 Å². The third kappa shape index (κ3) is 6.88. The average Bonchev–Trinajstić information content (AvgIpc) is 3.44. The van der Waals surface area contributed by atoms with Gasteiger partial charge in [-0.15, -0.1) is 10.2 Å². The summed E-state index contributed by atoms with van der Waals surface area (Å²) in [6.45, 7) is 5.80. The fourth-order valence-corrected chi connectivity index (χ4v) is 6.47. The number of piperazine rings is 1. The second-order valence-corrected chi connectivity index (χ2v) is 12.0. The van der Waals surface area contributed by atoms with Gasteiger partial charge in [0.2, 0.25) is 11.8 Å². The van der Waals surface area contributed by atoms with E-state index >= 15 is 0 Å². The van der Waals surface area contributed by atoms with Gasteiger partial charge in [0.05, 0.1) is 5.92 Å². The Hall–Kier alpha value is -3.62. The molecule has 9 heteroatoms. The monoisotopic (exact) mass is 601 g/mol. The van der Waals surface area contributed by atoms with E-state index in [1.165, 1.54) is 0 Å². The molecular weight excluding hydrogens is 566 g/mol. The van der Waals surface area contributed by atoms with Crippen LogP contribution in [0, 0.1) is 0 Å². The van der Waals surface area contributed by atoms with Crippen molar-refractivity contribution in [1.29, 1.82) is 0 Å². The summed E-state index contributed by atoms with van der Waals surface area (Å²) < 4.78 is 2.05. The van der Waals surface area contributed by atoms with Gasteiger partial charge in [-0.05, 0) is 61.7 Å². The molecule has 1 fully saturated rings. The number of hydrogen-bond donors (Lipinski definition) is 0. The van der Waals surface area contributed by atoms with Gasteiger partial charge in [0, 0.05) is 54.1 Å². The zero-order valence-corrected chi connectivity index (χ0v) is 25.6. The number of rotatable bonds is 10. The van der Waals surface area contributed by atoms with Crippen LogP contribution in [0.25, 0.3) is 17.1 Å². The van der Waals surface area contributed by atoms with Gasteiger partial charge >= 0.3 is 0 Å². The standard InChI is InChI=1S/C33H36ClN5O2S/c1-3-29(25-11-6-4-7-12-25)32(41)38-21-20-37(23-24(38)2)30(40)15-10-22-42-33-36-35-31(26-16-18-27(34)19-17-26)39(33)28-13-8-5-9-14-28/h4-9,11-14,16-19,24,29H,3,10,15,20-23H2,1-2H3. The number of aromatic nitrogens is 3. The van der Waals surface area contributed by atoms with Gasteiger partial charge in [0.15, 0.2) is 11.0 Å². The molecule has 1 aromatic heterocycles. The number of nitrogens with zero attached hydrogens (tertiary/aromatic N) is 5. The summed E-state index contributed by atoms with van der Waals surface area (Å²) in [5, 5.41) is 10.4. The van der Waals surface area contributed by atoms with Crippen LogP contribution in [0.3, 0.4) is 0 Å². The van der Waals surface area contributed by atoms with Crippen molar-refractivity contribution in [3.05, 3.63) is 95.5 Å². The molecule has 2 atom stereocenters. The highest BCUT2D eigenvalue weighted by molar-refractivity contribution is 7.99. The smallest absolute Gasteiger partial charge is 0.230 e. The molecule has 0 bridgehead atoms. The summed E-state index contributed by atoms with van der Waals surface area (Å²) in [5.41, 5.74) is 2.96. The first kappa shape index (κ1) is 29.9. The minimum absolute atomic E-state index is 0.0157. The normalized spacial score (nSPS) is 15.9. The van der Waals surface area contributed by atoms with Crippen molar-refractivity contribution >= 4 is 35.2 Å². The zero-order valence-electron chi connectivity index (χ0n) is 24.0. The lowest BCUT2D eigenvalue weighted by Crippen LogP contribution is -2.56.